The van der Waals surface area contributed by atoms with Gasteiger partial charge >= 0.3 is 0 Å². The van der Waals surface area contributed by atoms with Gasteiger partial charge in [-0.3, -0.25) is 4.79 Å². The third-order valence-corrected chi connectivity index (χ3v) is 9.40. The van der Waals surface area contributed by atoms with Gasteiger partial charge in [-0.2, -0.15) is 0 Å². The molecule has 2 rings (SSSR count). The number of hydrogen-bond acceptors (Lipinski definition) is 6. The number of halogens is 2. The number of pyridine rings is 1. The van der Waals surface area contributed by atoms with Crippen LogP contribution in [-0.4, -0.2) is 23.6 Å². The highest BCUT2D eigenvalue weighted by Crippen LogP contribution is 2.60. The topological polar surface area (TPSA) is 52.8 Å². The highest BCUT2D eigenvalue weighted by atomic mass is 79.9. The molecule has 0 unspecified atom stereocenters. The molecule has 0 saturated heterocycles. The van der Waals surface area contributed by atoms with Crippen molar-refractivity contribution in [2.45, 2.75) is 5.75 Å². The van der Waals surface area contributed by atoms with E-state index in [1.807, 2.05) is 0 Å². The van der Waals surface area contributed by atoms with Gasteiger partial charge in [-0.05, 0) is 39.9 Å². The molecule has 0 saturated carbocycles. The van der Waals surface area contributed by atoms with Crippen molar-refractivity contribution in [3.63, 3.8) is 0 Å². The van der Waals surface area contributed by atoms with Crippen LogP contribution in [0.25, 0.3) is 5.65 Å². The quantitative estimate of drug-likeness (QED) is 0.531. The van der Waals surface area contributed by atoms with Crippen LogP contribution in [0, 0.1) is 0 Å². The monoisotopic (exact) mass is 428 g/mol. The van der Waals surface area contributed by atoms with Crippen LogP contribution in [0.3, 0.4) is 0 Å². The summed E-state index contributed by atoms with van der Waals surface area (Å²) < 4.78 is 12.1. The molecule has 2 heterocycles. The highest BCUT2D eigenvalue weighted by Gasteiger charge is 2.19. The van der Waals surface area contributed by atoms with Crippen molar-refractivity contribution < 1.29 is 9.05 Å². The van der Waals surface area contributed by atoms with E-state index in [1.54, 1.807) is 18.2 Å². The van der Waals surface area contributed by atoms with Gasteiger partial charge in [0.1, 0.15) is 15.3 Å². The van der Waals surface area contributed by atoms with Crippen molar-refractivity contribution in [3.8, 4) is 0 Å². The van der Waals surface area contributed by atoms with E-state index in [0.29, 0.717) is 26.7 Å². The summed E-state index contributed by atoms with van der Waals surface area (Å²) in [6.07, 6.45) is 0. The first-order valence-corrected chi connectivity index (χ1v) is 11.0. The lowest BCUT2D eigenvalue weighted by atomic mass is 10.4. The Balaban J connectivity index is 2.45. The maximum absolute atomic E-state index is 12.3. The number of hydrogen-bond donors (Lipinski definition) is 0. The normalized spacial score (nSPS) is 12.0. The Bertz CT molecular complexity index is 778. The molecule has 0 aromatic carbocycles. The lowest BCUT2D eigenvalue weighted by Gasteiger charge is -2.16. The highest BCUT2D eigenvalue weighted by molar-refractivity contribution is 9.10. The lowest BCUT2D eigenvalue weighted by Crippen LogP contribution is -2.18. The second-order valence-electron chi connectivity index (χ2n) is 3.81. The van der Waals surface area contributed by atoms with Gasteiger partial charge in [0.05, 0.1) is 5.69 Å². The SMILES string of the molecule is COP(=S)(OC)SCc1nc2cccc(Cl)n2c(=O)c1Br. The van der Waals surface area contributed by atoms with E-state index < -0.39 is 5.69 Å². The molecule has 0 aliphatic rings. The zero-order valence-electron chi connectivity index (χ0n) is 11.1. The molecule has 0 atom stereocenters. The standard InChI is InChI=1S/C11H11BrClN2O3PS2/c1-17-19(20,18-2)21-6-7-10(12)11(16)15-8(13)4-3-5-9(15)14-7/h3-5H,6H2,1-2H3. The third kappa shape index (κ3) is 3.69. The third-order valence-electron chi connectivity index (χ3n) is 2.62. The molecule has 0 fully saturated rings. The van der Waals surface area contributed by atoms with E-state index in [0.717, 1.165) is 0 Å². The van der Waals surface area contributed by atoms with Gasteiger partial charge < -0.3 is 9.05 Å². The summed E-state index contributed by atoms with van der Waals surface area (Å²) in [5.41, 5.74) is -1.60. The van der Waals surface area contributed by atoms with Crippen LogP contribution in [0.5, 0.6) is 0 Å². The van der Waals surface area contributed by atoms with Gasteiger partial charge in [-0.15, -0.1) is 0 Å². The van der Waals surface area contributed by atoms with Gasteiger partial charge in [0, 0.05) is 20.0 Å². The van der Waals surface area contributed by atoms with Gasteiger partial charge in [-0.1, -0.05) is 29.0 Å². The van der Waals surface area contributed by atoms with Crippen LogP contribution >= 0.6 is 44.6 Å². The van der Waals surface area contributed by atoms with E-state index in [1.165, 1.54) is 30.0 Å². The van der Waals surface area contributed by atoms with Crippen LogP contribution in [-0.2, 0) is 26.6 Å². The van der Waals surface area contributed by atoms with Gasteiger partial charge in [0.2, 0.25) is 5.69 Å². The minimum absolute atomic E-state index is 0.260. The van der Waals surface area contributed by atoms with Crippen LogP contribution < -0.4 is 5.56 Å². The lowest BCUT2D eigenvalue weighted by molar-refractivity contribution is 0.354. The van der Waals surface area contributed by atoms with E-state index in [2.05, 4.69) is 20.9 Å². The van der Waals surface area contributed by atoms with E-state index >= 15 is 0 Å². The molecule has 0 radical (unpaired) electrons. The van der Waals surface area contributed by atoms with Crippen molar-refractivity contribution in [2.24, 2.45) is 0 Å². The predicted molar refractivity (Wildman–Crippen MR) is 93.8 cm³/mol. The minimum Gasteiger partial charge on any atom is -0.325 e. The van der Waals surface area contributed by atoms with Gasteiger partial charge in [-0.25, -0.2) is 9.38 Å². The van der Waals surface area contributed by atoms with Crippen molar-refractivity contribution in [2.75, 3.05) is 14.2 Å². The summed E-state index contributed by atoms with van der Waals surface area (Å²) in [5.74, 6) is 0.401. The smallest absolute Gasteiger partial charge is 0.273 e. The van der Waals surface area contributed by atoms with Crippen LogP contribution in [0.2, 0.25) is 5.15 Å². The molecule has 2 aromatic rings. The number of aromatic nitrogens is 2. The average molecular weight is 430 g/mol. The Morgan fingerprint density at radius 1 is 1.48 bits per heavy atom. The Hall–Kier alpha value is 0.0500. The van der Waals surface area contributed by atoms with Crippen molar-refractivity contribution in [1.29, 1.82) is 0 Å². The summed E-state index contributed by atoms with van der Waals surface area (Å²) in [4.78, 5) is 16.8. The molecule has 5 nitrogen and oxygen atoms in total. The maximum atomic E-state index is 12.3. The van der Waals surface area contributed by atoms with Gasteiger partial charge in [0.15, 0.2) is 0 Å². The summed E-state index contributed by atoms with van der Waals surface area (Å²) in [6, 6.07) is 5.09. The fourth-order valence-electron chi connectivity index (χ4n) is 1.59. The van der Waals surface area contributed by atoms with Crippen LogP contribution in [0.15, 0.2) is 27.5 Å². The summed E-state index contributed by atoms with van der Waals surface area (Å²) >= 11 is 15.9. The maximum Gasteiger partial charge on any atom is 0.273 e. The Kier molecular flexibility index (Phi) is 5.87. The van der Waals surface area contributed by atoms with Crippen molar-refractivity contribution >= 4 is 62.1 Å². The first-order chi connectivity index (χ1) is 9.91. The van der Waals surface area contributed by atoms with Crippen LogP contribution in [0.1, 0.15) is 5.69 Å². The number of fused-ring (bicyclic) bond motifs is 1. The largest absolute Gasteiger partial charge is 0.325 e. The average Bonchev–Trinajstić information content (AvgIpc) is 2.49. The molecule has 10 heteroatoms. The van der Waals surface area contributed by atoms with E-state index in [-0.39, 0.29) is 5.56 Å². The molecule has 114 valence electrons. The molecule has 0 N–H and O–H groups in total. The minimum atomic E-state index is -2.40. The number of nitrogens with zero attached hydrogens (tertiary/aromatic N) is 2. The molecule has 0 bridgehead atoms. The molecular formula is C11H11BrClN2O3PS2. The van der Waals surface area contributed by atoms with Crippen LogP contribution in [0.4, 0.5) is 0 Å². The second kappa shape index (κ2) is 7.08. The Morgan fingerprint density at radius 2 is 2.14 bits per heavy atom. The Morgan fingerprint density at radius 3 is 2.76 bits per heavy atom. The number of rotatable bonds is 5. The fourth-order valence-corrected chi connectivity index (χ4v) is 5.21. The second-order valence-corrected chi connectivity index (χ2v) is 11.5. The summed E-state index contributed by atoms with van der Waals surface area (Å²) in [5, 5.41) is 0.309. The molecule has 0 amide bonds. The molecule has 0 spiro atoms. The van der Waals surface area contributed by atoms with Crippen molar-refractivity contribution in [3.05, 3.63) is 43.9 Å². The first kappa shape index (κ1) is 17.4. The molecule has 0 aliphatic carbocycles. The molecule has 0 aliphatic heterocycles. The van der Waals surface area contributed by atoms with E-state index in [9.17, 15) is 4.79 Å². The molecule has 21 heavy (non-hydrogen) atoms. The summed E-state index contributed by atoms with van der Waals surface area (Å²) in [7, 11) is 3.02. The zero-order chi connectivity index (χ0) is 15.6. The summed E-state index contributed by atoms with van der Waals surface area (Å²) in [6.45, 7) is 0. The fraction of sp³-hybridized carbons (Fsp3) is 0.273. The Labute approximate surface area is 144 Å². The zero-order valence-corrected chi connectivity index (χ0v) is 15.9. The molecule has 2 aromatic heterocycles. The molecular weight excluding hydrogens is 419 g/mol. The van der Waals surface area contributed by atoms with Crippen molar-refractivity contribution in [1.82, 2.24) is 9.38 Å². The first-order valence-electron chi connectivity index (χ1n) is 5.63. The van der Waals surface area contributed by atoms with E-state index in [4.69, 9.17) is 32.5 Å². The predicted octanol–water partition coefficient (Wildman–Crippen LogP) is 3.86. The van der Waals surface area contributed by atoms with Gasteiger partial charge in [0.25, 0.3) is 5.56 Å².